The third-order valence-electron chi connectivity index (χ3n) is 1.95. The minimum atomic E-state index is 0.0712. The topological polar surface area (TPSA) is 41.6 Å². The summed E-state index contributed by atoms with van der Waals surface area (Å²) in [7, 11) is 0. The SMILES string of the molecule is c1cc2ccc3n[se]nc3c2[nH]1. The molecule has 4 heteroatoms. The van der Waals surface area contributed by atoms with Gasteiger partial charge in [-0.05, 0) is 0 Å². The predicted molar refractivity (Wildman–Crippen MR) is 48.3 cm³/mol. The molecule has 0 aliphatic heterocycles. The molecule has 0 unspecified atom stereocenters. The van der Waals surface area contributed by atoms with Crippen molar-refractivity contribution >= 4 is 36.9 Å². The zero-order chi connectivity index (χ0) is 7.97. The number of H-pyrrole nitrogens is 1. The average Bonchev–Trinajstić information content (AvgIpc) is 2.71. The van der Waals surface area contributed by atoms with Crippen molar-refractivity contribution < 1.29 is 0 Å². The standard InChI is InChI=1S/C8H5N3Se/c1-2-6-8(11-12-10-6)7-5(1)3-4-9-7/h1-4,9H. The normalized spacial score (nSPS) is 11.3. The van der Waals surface area contributed by atoms with Gasteiger partial charge in [-0.25, -0.2) is 0 Å². The van der Waals surface area contributed by atoms with Crippen molar-refractivity contribution in [1.82, 2.24) is 12.9 Å². The number of rotatable bonds is 0. The van der Waals surface area contributed by atoms with Gasteiger partial charge in [-0.15, -0.1) is 0 Å². The quantitative estimate of drug-likeness (QED) is 0.580. The third kappa shape index (κ3) is 0.709. The maximum atomic E-state index is 4.36. The predicted octanol–water partition coefficient (Wildman–Crippen LogP) is 1.17. The Kier molecular flexibility index (Phi) is 1.17. The van der Waals surface area contributed by atoms with Crippen LogP contribution >= 0.6 is 0 Å². The number of hydrogen-bond donors (Lipinski definition) is 1. The van der Waals surface area contributed by atoms with Crippen LogP contribution in [0.15, 0.2) is 24.4 Å². The van der Waals surface area contributed by atoms with Crippen LogP contribution in [0.4, 0.5) is 0 Å². The molecule has 0 saturated carbocycles. The zero-order valence-electron chi connectivity index (χ0n) is 6.11. The van der Waals surface area contributed by atoms with Crippen LogP contribution in [0.2, 0.25) is 0 Å². The molecule has 3 rings (SSSR count). The van der Waals surface area contributed by atoms with Crippen molar-refractivity contribution in [3.63, 3.8) is 0 Å². The molecule has 12 heavy (non-hydrogen) atoms. The van der Waals surface area contributed by atoms with E-state index in [4.69, 9.17) is 0 Å². The molecular formula is C8H5N3Se. The molecule has 1 N–H and O–H groups in total. The first-order chi connectivity index (χ1) is 5.95. The van der Waals surface area contributed by atoms with E-state index in [1.165, 1.54) is 5.39 Å². The fourth-order valence-electron chi connectivity index (χ4n) is 1.37. The summed E-state index contributed by atoms with van der Waals surface area (Å²) in [6.45, 7) is 0. The molecule has 3 nitrogen and oxygen atoms in total. The zero-order valence-corrected chi connectivity index (χ0v) is 7.83. The van der Waals surface area contributed by atoms with Crippen molar-refractivity contribution in [2.75, 3.05) is 0 Å². The molecule has 2 aromatic heterocycles. The molecule has 0 spiro atoms. The maximum absolute atomic E-state index is 4.36. The number of hydrogen-bond acceptors (Lipinski definition) is 2. The van der Waals surface area contributed by atoms with E-state index in [0.29, 0.717) is 0 Å². The summed E-state index contributed by atoms with van der Waals surface area (Å²) >= 11 is 0.0712. The number of aromatic nitrogens is 3. The summed E-state index contributed by atoms with van der Waals surface area (Å²) in [6, 6.07) is 6.16. The van der Waals surface area contributed by atoms with Gasteiger partial charge in [-0.1, -0.05) is 0 Å². The van der Waals surface area contributed by atoms with E-state index in [1.807, 2.05) is 12.3 Å². The number of fused-ring (bicyclic) bond motifs is 3. The molecule has 0 fully saturated rings. The van der Waals surface area contributed by atoms with E-state index >= 15 is 0 Å². The first kappa shape index (κ1) is 6.40. The Hall–Kier alpha value is -1.12. The van der Waals surface area contributed by atoms with E-state index in [2.05, 4.69) is 25.1 Å². The van der Waals surface area contributed by atoms with Gasteiger partial charge in [0.2, 0.25) is 0 Å². The fraction of sp³-hybridized carbons (Fsp3) is 0. The second-order valence-corrected chi connectivity index (χ2v) is 3.75. The number of nitrogens with zero attached hydrogens (tertiary/aromatic N) is 2. The third-order valence-corrected chi connectivity index (χ3v) is 3.09. The molecule has 58 valence electrons. The van der Waals surface area contributed by atoms with Crippen molar-refractivity contribution in [3.05, 3.63) is 24.4 Å². The summed E-state index contributed by atoms with van der Waals surface area (Å²) in [6.07, 6.45) is 1.94. The fourth-order valence-corrected chi connectivity index (χ4v) is 2.51. The van der Waals surface area contributed by atoms with Crippen LogP contribution in [0.3, 0.4) is 0 Å². The van der Waals surface area contributed by atoms with E-state index in [0.717, 1.165) is 16.6 Å². The average molecular weight is 222 g/mol. The van der Waals surface area contributed by atoms with Gasteiger partial charge in [-0.2, -0.15) is 0 Å². The van der Waals surface area contributed by atoms with Crippen LogP contribution in [0.1, 0.15) is 0 Å². The number of nitrogens with one attached hydrogen (secondary N) is 1. The number of aromatic amines is 1. The van der Waals surface area contributed by atoms with Gasteiger partial charge in [0, 0.05) is 0 Å². The van der Waals surface area contributed by atoms with Crippen molar-refractivity contribution in [1.29, 1.82) is 0 Å². The summed E-state index contributed by atoms with van der Waals surface area (Å²) in [5, 5.41) is 1.21. The summed E-state index contributed by atoms with van der Waals surface area (Å²) in [5.41, 5.74) is 3.19. The molecule has 0 bridgehead atoms. The molecule has 0 amide bonds. The van der Waals surface area contributed by atoms with Crippen LogP contribution in [-0.2, 0) is 0 Å². The van der Waals surface area contributed by atoms with Crippen LogP contribution in [-0.4, -0.2) is 27.9 Å². The van der Waals surface area contributed by atoms with Gasteiger partial charge in [0.15, 0.2) is 0 Å². The van der Waals surface area contributed by atoms with Crippen molar-refractivity contribution in [3.8, 4) is 0 Å². The second-order valence-electron chi connectivity index (χ2n) is 2.64. The molecule has 0 saturated heterocycles. The summed E-state index contributed by atoms with van der Waals surface area (Å²) in [4.78, 5) is 3.18. The molecule has 2 heterocycles. The Bertz CT molecular complexity index is 487. The van der Waals surface area contributed by atoms with Crippen LogP contribution in [0, 0.1) is 0 Å². The van der Waals surface area contributed by atoms with Crippen molar-refractivity contribution in [2.45, 2.75) is 0 Å². The van der Waals surface area contributed by atoms with E-state index < -0.39 is 0 Å². The Balaban J connectivity index is 2.71. The Morgan fingerprint density at radius 3 is 3.17 bits per heavy atom. The summed E-state index contributed by atoms with van der Waals surface area (Å²) < 4.78 is 8.67. The van der Waals surface area contributed by atoms with Gasteiger partial charge in [0.05, 0.1) is 0 Å². The molecular weight excluding hydrogens is 217 g/mol. The minimum absolute atomic E-state index is 0.0712. The monoisotopic (exact) mass is 223 g/mol. The van der Waals surface area contributed by atoms with Gasteiger partial charge >= 0.3 is 74.2 Å². The molecule has 1 aromatic carbocycles. The molecule has 3 aromatic rings. The molecule has 0 aliphatic rings. The Morgan fingerprint density at radius 1 is 1.17 bits per heavy atom. The van der Waals surface area contributed by atoms with E-state index in [9.17, 15) is 0 Å². The first-order valence-electron chi connectivity index (χ1n) is 3.63. The van der Waals surface area contributed by atoms with Crippen LogP contribution in [0.5, 0.6) is 0 Å². The van der Waals surface area contributed by atoms with Gasteiger partial charge < -0.3 is 0 Å². The molecule has 0 aliphatic carbocycles. The van der Waals surface area contributed by atoms with Crippen LogP contribution < -0.4 is 0 Å². The first-order valence-corrected chi connectivity index (χ1v) is 5.17. The number of benzene rings is 1. The van der Waals surface area contributed by atoms with Gasteiger partial charge in [0.1, 0.15) is 0 Å². The van der Waals surface area contributed by atoms with Gasteiger partial charge in [-0.3, -0.25) is 0 Å². The van der Waals surface area contributed by atoms with Crippen LogP contribution in [0.25, 0.3) is 21.9 Å². The molecule has 0 atom stereocenters. The Morgan fingerprint density at radius 2 is 2.17 bits per heavy atom. The van der Waals surface area contributed by atoms with Crippen molar-refractivity contribution in [2.24, 2.45) is 0 Å². The molecule has 0 radical (unpaired) electrons. The van der Waals surface area contributed by atoms with Gasteiger partial charge in [0.25, 0.3) is 0 Å². The summed E-state index contributed by atoms with van der Waals surface area (Å²) in [5.74, 6) is 0. The second kappa shape index (κ2) is 2.19. The van der Waals surface area contributed by atoms with E-state index in [1.54, 1.807) is 0 Å². The Labute approximate surface area is 74.6 Å². The van der Waals surface area contributed by atoms with E-state index in [-0.39, 0.29) is 15.0 Å².